The highest BCUT2D eigenvalue weighted by Gasteiger charge is 2.15. The molecule has 1 aliphatic heterocycles. The second kappa shape index (κ2) is 4.74. The van der Waals surface area contributed by atoms with Crippen LogP contribution < -0.4 is 0 Å². The van der Waals surface area contributed by atoms with E-state index in [4.69, 9.17) is 5.41 Å². The summed E-state index contributed by atoms with van der Waals surface area (Å²) in [6, 6.07) is 0. The average Bonchev–Trinajstić information content (AvgIpc) is 2.11. The number of likely N-dealkylation sites (N-methyl/N-ethyl adjacent to an activating group) is 1. The Morgan fingerprint density at radius 2 is 2.14 bits per heavy atom. The third-order valence-corrected chi connectivity index (χ3v) is 3.03. The van der Waals surface area contributed by atoms with Crippen LogP contribution in [-0.4, -0.2) is 30.7 Å². The van der Waals surface area contributed by atoms with Gasteiger partial charge in [-0.05, 0) is 26.3 Å². The topological polar surface area (TPSA) is 27.1 Å². The summed E-state index contributed by atoms with van der Waals surface area (Å²) in [6.07, 6.45) is 2.06. The molecule has 0 radical (unpaired) electrons. The summed E-state index contributed by atoms with van der Waals surface area (Å²) in [6.45, 7) is 8.65. The summed E-state index contributed by atoms with van der Waals surface area (Å²) in [5.74, 6) is 0.391. The molecule has 1 N–H and O–H groups in total. The van der Waals surface area contributed by atoms with Crippen LogP contribution in [0.15, 0.2) is 11.1 Å². The SMILES string of the molecule is CC1=C(CC(=N)C(C)C)CN(C)CC1. The smallest absolute Gasteiger partial charge is 0.0196 e. The van der Waals surface area contributed by atoms with Gasteiger partial charge in [-0.15, -0.1) is 0 Å². The molecule has 2 heteroatoms. The lowest BCUT2D eigenvalue weighted by Crippen LogP contribution is -2.28. The van der Waals surface area contributed by atoms with Gasteiger partial charge in [0.05, 0.1) is 0 Å². The van der Waals surface area contributed by atoms with Crippen molar-refractivity contribution in [1.82, 2.24) is 4.90 Å². The predicted octanol–water partition coefficient (Wildman–Crippen LogP) is 2.70. The van der Waals surface area contributed by atoms with Crippen molar-refractivity contribution >= 4 is 5.71 Å². The van der Waals surface area contributed by atoms with Crippen molar-refractivity contribution in [3.05, 3.63) is 11.1 Å². The predicted molar refractivity (Wildman–Crippen MR) is 62.0 cm³/mol. The monoisotopic (exact) mass is 194 g/mol. The number of rotatable bonds is 3. The zero-order chi connectivity index (χ0) is 10.7. The highest BCUT2D eigenvalue weighted by molar-refractivity contribution is 5.85. The molecule has 80 valence electrons. The zero-order valence-electron chi connectivity index (χ0n) is 9.85. The fraction of sp³-hybridized carbons (Fsp3) is 0.750. The van der Waals surface area contributed by atoms with Gasteiger partial charge in [-0.3, -0.25) is 0 Å². The third-order valence-electron chi connectivity index (χ3n) is 3.03. The number of hydrogen-bond acceptors (Lipinski definition) is 2. The molecule has 0 saturated carbocycles. The number of nitrogens with zero attached hydrogens (tertiary/aromatic N) is 1. The molecule has 0 atom stereocenters. The largest absolute Gasteiger partial charge is 0.309 e. The van der Waals surface area contributed by atoms with Crippen molar-refractivity contribution in [2.45, 2.75) is 33.6 Å². The molecule has 0 aromatic rings. The minimum Gasteiger partial charge on any atom is -0.309 e. The maximum absolute atomic E-state index is 7.88. The zero-order valence-corrected chi connectivity index (χ0v) is 9.85. The first-order valence-electron chi connectivity index (χ1n) is 5.44. The molecule has 0 bridgehead atoms. The Morgan fingerprint density at radius 3 is 2.71 bits per heavy atom. The van der Waals surface area contributed by atoms with Crippen molar-refractivity contribution in [3.63, 3.8) is 0 Å². The molecule has 0 unspecified atom stereocenters. The molecule has 14 heavy (non-hydrogen) atoms. The minimum atomic E-state index is 0.391. The van der Waals surface area contributed by atoms with Gasteiger partial charge in [0.1, 0.15) is 0 Å². The molecule has 0 aromatic carbocycles. The van der Waals surface area contributed by atoms with E-state index in [-0.39, 0.29) is 0 Å². The molecule has 1 rings (SSSR count). The fourth-order valence-electron chi connectivity index (χ4n) is 1.72. The van der Waals surface area contributed by atoms with Crippen LogP contribution >= 0.6 is 0 Å². The van der Waals surface area contributed by atoms with Crippen molar-refractivity contribution in [2.75, 3.05) is 20.1 Å². The fourth-order valence-corrected chi connectivity index (χ4v) is 1.72. The molecule has 1 heterocycles. The molecule has 0 aliphatic carbocycles. The molecule has 0 amide bonds. The Balaban J connectivity index is 2.62. The Labute approximate surface area is 87.5 Å². The second-order valence-electron chi connectivity index (χ2n) is 4.73. The summed E-state index contributed by atoms with van der Waals surface area (Å²) >= 11 is 0. The van der Waals surface area contributed by atoms with Gasteiger partial charge in [-0.25, -0.2) is 0 Å². The van der Waals surface area contributed by atoms with E-state index >= 15 is 0 Å². The molecular weight excluding hydrogens is 172 g/mol. The quantitative estimate of drug-likeness (QED) is 0.543. The molecule has 0 fully saturated rings. The molecule has 2 nitrogen and oxygen atoms in total. The van der Waals surface area contributed by atoms with Crippen molar-refractivity contribution in [3.8, 4) is 0 Å². The van der Waals surface area contributed by atoms with Gasteiger partial charge < -0.3 is 10.3 Å². The molecule has 0 aromatic heterocycles. The maximum atomic E-state index is 7.88. The summed E-state index contributed by atoms with van der Waals surface area (Å²) in [4.78, 5) is 2.34. The lowest BCUT2D eigenvalue weighted by Gasteiger charge is -2.27. The average molecular weight is 194 g/mol. The molecule has 0 saturated heterocycles. The van der Waals surface area contributed by atoms with Crippen LogP contribution in [0.1, 0.15) is 33.6 Å². The Morgan fingerprint density at radius 1 is 1.50 bits per heavy atom. The van der Waals surface area contributed by atoms with Crippen LogP contribution in [0.3, 0.4) is 0 Å². The summed E-state index contributed by atoms with van der Waals surface area (Å²) in [5, 5.41) is 7.88. The van der Waals surface area contributed by atoms with Crippen LogP contribution in [0.5, 0.6) is 0 Å². The van der Waals surface area contributed by atoms with E-state index in [1.54, 1.807) is 0 Å². The number of nitrogens with one attached hydrogen (secondary N) is 1. The Bertz CT molecular complexity index is 251. The van der Waals surface area contributed by atoms with E-state index in [0.717, 1.165) is 18.7 Å². The highest BCUT2D eigenvalue weighted by atomic mass is 15.1. The van der Waals surface area contributed by atoms with Crippen molar-refractivity contribution in [2.24, 2.45) is 5.92 Å². The van der Waals surface area contributed by atoms with E-state index in [1.807, 2.05) is 0 Å². The maximum Gasteiger partial charge on any atom is 0.0196 e. The lowest BCUT2D eigenvalue weighted by atomic mass is 9.93. The summed E-state index contributed by atoms with van der Waals surface area (Å²) < 4.78 is 0. The summed E-state index contributed by atoms with van der Waals surface area (Å²) in [5.41, 5.74) is 3.85. The van der Waals surface area contributed by atoms with E-state index in [0.29, 0.717) is 5.92 Å². The van der Waals surface area contributed by atoms with E-state index in [2.05, 4.69) is 32.7 Å². The van der Waals surface area contributed by atoms with E-state index in [9.17, 15) is 0 Å². The van der Waals surface area contributed by atoms with Gasteiger partial charge in [0.2, 0.25) is 0 Å². The first-order valence-corrected chi connectivity index (χ1v) is 5.44. The van der Waals surface area contributed by atoms with Crippen LogP contribution in [0.4, 0.5) is 0 Å². The van der Waals surface area contributed by atoms with E-state index in [1.165, 1.54) is 24.1 Å². The Hall–Kier alpha value is -0.630. The normalized spacial score (nSPS) is 19.2. The van der Waals surface area contributed by atoms with Crippen LogP contribution in [0.2, 0.25) is 0 Å². The minimum absolute atomic E-state index is 0.391. The molecular formula is C12H22N2. The van der Waals surface area contributed by atoms with Gasteiger partial charge in [-0.1, -0.05) is 25.0 Å². The first-order chi connectivity index (χ1) is 6.50. The van der Waals surface area contributed by atoms with Crippen LogP contribution in [0.25, 0.3) is 0 Å². The van der Waals surface area contributed by atoms with Gasteiger partial charge in [-0.2, -0.15) is 0 Å². The Kier molecular flexibility index (Phi) is 3.87. The van der Waals surface area contributed by atoms with E-state index < -0.39 is 0 Å². The van der Waals surface area contributed by atoms with Gasteiger partial charge in [0.25, 0.3) is 0 Å². The highest BCUT2D eigenvalue weighted by Crippen LogP contribution is 2.20. The van der Waals surface area contributed by atoms with Crippen LogP contribution in [-0.2, 0) is 0 Å². The molecule has 1 aliphatic rings. The molecule has 0 spiro atoms. The third kappa shape index (κ3) is 2.95. The number of hydrogen-bond donors (Lipinski definition) is 1. The standard InChI is InChI=1S/C12H22N2/c1-9(2)12(13)7-11-8-14(4)6-5-10(11)3/h9,13H,5-8H2,1-4H3. The van der Waals surface area contributed by atoms with Crippen molar-refractivity contribution in [1.29, 1.82) is 5.41 Å². The van der Waals surface area contributed by atoms with Gasteiger partial charge in [0.15, 0.2) is 0 Å². The van der Waals surface area contributed by atoms with Crippen LogP contribution in [0, 0.1) is 11.3 Å². The second-order valence-corrected chi connectivity index (χ2v) is 4.73. The van der Waals surface area contributed by atoms with Gasteiger partial charge in [0, 0.05) is 25.2 Å². The van der Waals surface area contributed by atoms with Gasteiger partial charge >= 0.3 is 0 Å². The summed E-state index contributed by atoms with van der Waals surface area (Å²) in [7, 11) is 2.16. The lowest BCUT2D eigenvalue weighted by molar-refractivity contribution is 0.346. The first kappa shape index (κ1) is 11.4. The van der Waals surface area contributed by atoms with Crippen molar-refractivity contribution < 1.29 is 0 Å².